The maximum atomic E-state index is 8.62. The number of hydrogen-bond acceptors (Lipinski definition) is 1. The molecule has 1 saturated carbocycles. The van der Waals surface area contributed by atoms with Gasteiger partial charge in [-0.3, -0.25) is 0 Å². The van der Waals surface area contributed by atoms with Crippen molar-refractivity contribution in [3.05, 3.63) is 0 Å². The van der Waals surface area contributed by atoms with E-state index in [4.69, 9.17) is 6.48 Å². The molecule has 0 aromatic rings. The van der Waals surface area contributed by atoms with Gasteiger partial charge < -0.3 is 5.11 Å². The summed E-state index contributed by atoms with van der Waals surface area (Å²) in [4.78, 5) is 0. The Balaban J connectivity index is 2.19. The van der Waals surface area contributed by atoms with Crippen molar-refractivity contribution in [3.63, 3.8) is 0 Å². The monoisotopic (exact) mass is 143 g/mol. The maximum Gasteiger partial charge on any atom is 0.0431 e. The lowest BCUT2D eigenvalue weighted by molar-refractivity contribution is 0.144. The Hall–Kier alpha value is -0.0400. The summed E-state index contributed by atoms with van der Waals surface area (Å²) < 4.78 is 7.60. The van der Waals surface area contributed by atoms with E-state index in [1.807, 2.05) is 0 Å². The number of rotatable bonds is 4. The van der Waals surface area contributed by atoms with Crippen LogP contribution in [0.25, 0.3) is 0 Å². The third kappa shape index (κ3) is 1.72. The summed E-state index contributed by atoms with van der Waals surface area (Å²) in [5.41, 5.74) is 0. The molecule has 1 rings (SSSR count). The van der Waals surface area contributed by atoms with Crippen LogP contribution in [0.2, 0.25) is 0 Å². The average Bonchev–Trinajstić information content (AvgIpc) is 2.00. The lowest BCUT2D eigenvalue weighted by Gasteiger charge is -2.36. The highest BCUT2D eigenvalue weighted by Crippen LogP contribution is 2.39. The van der Waals surface area contributed by atoms with Crippen molar-refractivity contribution in [1.29, 1.82) is 0 Å². The molecule has 0 heterocycles. The molecule has 0 aliphatic heterocycles. The number of aliphatic hydroxyl groups excluding tert-OH is 1. The lowest BCUT2D eigenvalue weighted by Crippen LogP contribution is -2.25. The Bertz CT molecular complexity index is 116. The van der Waals surface area contributed by atoms with Gasteiger partial charge in [0.1, 0.15) is 0 Å². The average molecular weight is 143 g/mol. The molecule has 0 aromatic carbocycles. The molecule has 0 radical (unpaired) electrons. The molecule has 0 unspecified atom stereocenters. The van der Waals surface area contributed by atoms with E-state index in [0.29, 0.717) is 12.5 Å². The summed E-state index contributed by atoms with van der Waals surface area (Å²) in [5.74, 6) is 1.37. The molecule has 10 heavy (non-hydrogen) atoms. The quantitative estimate of drug-likeness (QED) is 0.639. The van der Waals surface area contributed by atoms with Crippen molar-refractivity contribution >= 4 is 0 Å². The third-order valence-electron chi connectivity index (χ3n) is 2.57. The Morgan fingerprint density at radius 1 is 1.60 bits per heavy atom. The van der Waals surface area contributed by atoms with E-state index in [-0.39, 0.29) is 6.40 Å². The molecule has 0 amide bonds. The molecular weight excluding hydrogens is 124 g/mol. The SMILES string of the molecule is [2H][C@@H]1C[C@@H](CC)[C@@H]1CCCO. The first kappa shape index (κ1) is 6.66. The first-order valence-electron chi connectivity index (χ1n) is 4.90. The van der Waals surface area contributed by atoms with Crippen molar-refractivity contribution in [2.45, 2.75) is 39.0 Å². The Labute approximate surface area is 64.9 Å². The van der Waals surface area contributed by atoms with Crippen LogP contribution in [0.1, 0.15) is 40.4 Å². The second-order valence-corrected chi connectivity index (χ2v) is 3.17. The highest BCUT2D eigenvalue weighted by Gasteiger charge is 2.27. The molecule has 1 nitrogen and oxygen atoms in total. The summed E-state index contributed by atoms with van der Waals surface area (Å²) in [6.45, 7) is 2.49. The van der Waals surface area contributed by atoms with E-state index < -0.39 is 0 Å². The topological polar surface area (TPSA) is 20.2 Å². The van der Waals surface area contributed by atoms with E-state index in [1.165, 1.54) is 6.42 Å². The van der Waals surface area contributed by atoms with Gasteiger partial charge in [-0.25, -0.2) is 0 Å². The standard InChI is InChI=1S/C9H18O/c1-2-8-5-6-9(8)4-3-7-10/h8-10H,2-7H2,1H3/t8-,9-/m1/s1/i6D/t6-,8-,9-. The normalized spacial score (nSPS) is 40.6. The van der Waals surface area contributed by atoms with Crippen LogP contribution in [0.4, 0.5) is 0 Å². The van der Waals surface area contributed by atoms with Gasteiger partial charge >= 0.3 is 0 Å². The van der Waals surface area contributed by atoms with Crippen molar-refractivity contribution < 1.29 is 6.48 Å². The second-order valence-electron chi connectivity index (χ2n) is 3.17. The molecule has 3 atom stereocenters. The molecule has 0 saturated heterocycles. The maximum absolute atomic E-state index is 8.62. The molecule has 0 aromatic heterocycles. The van der Waals surface area contributed by atoms with Gasteiger partial charge in [0.2, 0.25) is 0 Å². The highest BCUT2D eigenvalue weighted by atomic mass is 16.2. The van der Waals surface area contributed by atoms with Gasteiger partial charge in [-0.15, -0.1) is 0 Å². The predicted molar refractivity (Wildman–Crippen MR) is 42.8 cm³/mol. The van der Waals surface area contributed by atoms with Crippen LogP contribution in [0.3, 0.4) is 0 Å². The Morgan fingerprint density at radius 2 is 2.40 bits per heavy atom. The molecule has 0 spiro atoms. The van der Waals surface area contributed by atoms with E-state index in [1.54, 1.807) is 0 Å². The molecule has 0 bridgehead atoms. The second kappa shape index (κ2) is 3.97. The third-order valence-corrected chi connectivity index (χ3v) is 2.57. The van der Waals surface area contributed by atoms with Gasteiger partial charge in [0.15, 0.2) is 0 Å². The number of aliphatic hydroxyl groups is 1. The summed E-state index contributed by atoms with van der Waals surface area (Å²) in [6.07, 6.45) is 4.42. The fourth-order valence-corrected chi connectivity index (χ4v) is 1.67. The minimum absolute atomic E-state index is 0.173. The van der Waals surface area contributed by atoms with E-state index in [9.17, 15) is 0 Å². The molecular formula is C9H18O. The summed E-state index contributed by atoms with van der Waals surface area (Å²) in [5, 5.41) is 8.62. The van der Waals surface area contributed by atoms with Gasteiger partial charge in [0.05, 0.1) is 0 Å². The largest absolute Gasteiger partial charge is 0.396 e. The highest BCUT2D eigenvalue weighted by molar-refractivity contribution is 4.79. The van der Waals surface area contributed by atoms with Gasteiger partial charge in [-0.05, 0) is 37.5 Å². The minimum atomic E-state index is 0.173. The molecule has 1 heteroatoms. The zero-order chi connectivity index (χ0) is 8.27. The van der Waals surface area contributed by atoms with Crippen molar-refractivity contribution in [2.24, 2.45) is 11.8 Å². The summed E-state index contributed by atoms with van der Waals surface area (Å²) in [6, 6.07) is 0. The lowest BCUT2D eigenvalue weighted by atomic mass is 9.70. The van der Waals surface area contributed by atoms with Gasteiger partial charge in [-0.1, -0.05) is 13.3 Å². The number of hydrogen-bond donors (Lipinski definition) is 1. The fourth-order valence-electron chi connectivity index (χ4n) is 1.67. The summed E-state index contributed by atoms with van der Waals surface area (Å²) in [7, 11) is 0. The Kier molecular flexibility index (Phi) is 2.64. The first-order valence-corrected chi connectivity index (χ1v) is 4.32. The van der Waals surface area contributed by atoms with Crippen LogP contribution in [-0.2, 0) is 0 Å². The van der Waals surface area contributed by atoms with Crippen LogP contribution in [0, 0.1) is 11.8 Å². The zero-order valence-corrected chi connectivity index (χ0v) is 6.71. The first-order chi connectivity index (χ1) is 5.29. The van der Waals surface area contributed by atoms with Crippen molar-refractivity contribution in [2.75, 3.05) is 6.61 Å². The fraction of sp³-hybridized carbons (Fsp3) is 1.00. The van der Waals surface area contributed by atoms with E-state index in [0.717, 1.165) is 25.2 Å². The van der Waals surface area contributed by atoms with Crippen LogP contribution >= 0.6 is 0 Å². The van der Waals surface area contributed by atoms with Crippen molar-refractivity contribution in [1.82, 2.24) is 0 Å². The van der Waals surface area contributed by atoms with Crippen LogP contribution < -0.4 is 0 Å². The summed E-state index contributed by atoms with van der Waals surface area (Å²) >= 11 is 0. The van der Waals surface area contributed by atoms with Crippen LogP contribution in [-0.4, -0.2) is 11.7 Å². The van der Waals surface area contributed by atoms with Crippen molar-refractivity contribution in [3.8, 4) is 0 Å². The van der Waals surface area contributed by atoms with Crippen LogP contribution in [0.15, 0.2) is 0 Å². The molecule has 1 fully saturated rings. The van der Waals surface area contributed by atoms with E-state index in [2.05, 4.69) is 6.92 Å². The van der Waals surface area contributed by atoms with Gasteiger partial charge in [-0.2, -0.15) is 0 Å². The zero-order valence-electron chi connectivity index (χ0n) is 7.71. The van der Waals surface area contributed by atoms with Gasteiger partial charge in [0.25, 0.3) is 0 Å². The molecule has 1 aliphatic rings. The predicted octanol–water partition coefficient (Wildman–Crippen LogP) is 2.20. The Morgan fingerprint density at radius 3 is 2.90 bits per heavy atom. The molecule has 1 N–H and O–H groups in total. The smallest absolute Gasteiger partial charge is 0.0431 e. The molecule has 1 aliphatic carbocycles. The van der Waals surface area contributed by atoms with Gasteiger partial charge in [0, 0.05) is 7.98 Å². The van der Waals surface area contributed by atoms with Crippen LogP contribution in [0.5, 0.6) is 0 Å². The molecule has 60 valence electrons. The minimum Gasteiger partial charge on any atom is -0.396 e. The van der Waals surface area contributed by atoms with E-state index >= 15 is 0 Å².